The maximum absolute atomic E-state index is 11.3. The van der Waals surface area contributed by atoms with Gasteiger partial charge in [0.15, 0.2) is 24.7 Å². The van der Waals surface area contributed by atoms with E-state index in [4.69, 9.17) is 30.5 Å². The molecular weight excluding hydrogens is 300 g/mol. The van der Waals surface area contributed by atoms with E-state index in [0.29, 0.717) is 5.02 Å². The molecule has 1 aromatic rings. The van der Waals surface area contributed by atoms with E-state index in [1.807, 2.05) is 0 Å². The summed E-state index contributed by atoms with van der Waals surface area (Å²) in [5, 5.41) is 0.414. The molecule has 0 spiro atoms. The molecule has 0 atom stereocenters. The van der Waals surface area contributed by atoms with Crippen LogP contribution in [-0.2, 0) is 19.1 Å². The van der Waals surface area contributed by atoms with Crippen LogP contribution in [0.1, 0.15) is 13.8 Å². The summed E-state index contributed by atoms with van der Waals surface area (Å²) in [5.74, 6) is -0.464. The summed E-state index contributed by atoms with van der Waals surface area (Å²) >= 11 is 5.86. The second-order valence-electron chi connectivity index (χ2n) is 3.78. The molecule has 1 rings (SSSR count). The SMILES string of the molecule is CCOC(=O)COc1ccc(Cl)cc1OCC(=O)OCC. The van der Waals surface area contributed by atoms with Gasteiger partial charge in [0.2, 0.25) is 0 Å². The van der Waals surface area contributed by atoms with Gasteiger partial charge in [-0.1, -0.05) is 11.6 Å². The molecule has 0 aliphatic carbocycles. The van der Waals surface area contributed by atoms with Gasteiger partial charge in [0.1, 0.15) is 0 Å². The summed E-state index contributed by atoms with van der Waals surface area (Å²) in [6.07, 6.45) is 0. The second-order valence-corrected chi connectivity index (χ2v) is 4.21. The molecule has 116 valence electrons. The molecule has 0 fully saturated rings. The van der Waals surface area contributed by atoms with Crippen molar-refractivity contribution in [2.75, 3.05) is 26.4 Å². The third-order valence-corrected chi connectivity index (χ3v) is 2.44. The molecule has 21 heavy (non-hydrogen) atoms. The van der Waals surface area contributed by atoms with Gasteiger partial charge in [-0.05, 0) is 26.0 Å². The first-order chi connectivity index (χ1) is 10.1. The molecule has 7 heteroatoms. The zero-order chi connectivity index (χ0) is 15.7. The van der Waals surface area contributed by atoms with Gasteiger partial charge in [-0.25, -0.2) is 9.59 Å². The minimum atomic E-state index is -0.506. The van der Waals surface area contributed by atoms with Gasteiger partial charge >= 0.3 is 11.9 Å². The Bertz CT molecular complexity index is 488. The quantitative estimate of drug-likeness (QED) is 0.685. The standard InChI is InChI=1S/C14H17ClO6/c1-3-18-13(16)8-20-11-6-5-10(15)7-12(11)21-9-14(17)19-4-2/h5-7H,3-4,8-9H2,1-2H3. The number of hydrogen-bond acceptors (Lipinski definition) is 6. The lowest BCUT2D eigenvalue weighted by Crippen LogP contribution is -2.17. The summed E-state index contributed by atoms with van der Waals surface area (Å²) in [7, 11) is 0. The van der Waals surface area contributed by atoms with Gasteiger partial charge in [-0.2, -0.15) is 0 Å². The van der Waals surface area contributed by atoms with Crippen LogP contribution in [0.15, 0.2) is 18.2 Å². The third kappa shape index (κ3) is 6.35. The van der Waals surface area contributed by atoms with Gasteiger partial charge in [0.25, 0.3) is 0 Å². The predicted octanol–water partition coefficient (Wildman–Crippen LogP) is 2.22. The van der Waals surface area contributed by atoms with Gasteiger partial charge in [-0.15, -0.1) is 0 Å². The van der Waals surface area contributed by atoms with E-state index in [1.54, 1.807) is 26.0 Å². The van der Waals surface area contributed by atoms with Crippen molar-refractivity contribution < 1.29 is 28.5 Å². The van der Waals surface area contributed by atoms with Crippen molar-refractivity contribution in [2.24, 2.45) is 0 Å². The van der Waals surface area contributed by atoms with Crippen LogP contribution in [0.3, 0.4) is 0 Å². The highest BCUT2D eigenvalue weighted by Crippen LogP contribution is 2.30. The average molecular weight is 317 g/mol. The summed E-state index contributed by atoms with van der Waals surface area (Å²) < 4.78 is 20.1. The van der Waals surface area contributed by atoms with Gasteiger partial charge in [0.05, 0.1) is 13.2 Å². The van der Waals surface area contributed by atoms with E-state index in [9.17, 15) is 9.59 Å². The number of halogens is 1. The fourth-order valence-corrected chi connectivity index (χ4v) is 1.55. The minimum absolute atomic E-state index is 0.250. The van der Waals surface area contributed by atoms with Crippen LogP contribution in [0.2, 0.25) is 5.02 Å². The van der Waals surface area contributed by atoms with Crippen molar-refractivity contribution >= 4 is 23.5 Å². The molecule has 0 N–H and O–H groups in total. The topological polar surface area (TPSA) is 71.1 Å². The first-order valence-corrected chi connectivity index (χ1v) is 6.81. The molecule has 0 aromatic heterocycles. The van der Waals surface area contributed by atoms with Crippen molar-refractivity contribution in [1.29, 1.82) is 0 Å². The van der Waals surface area contributed by atoms with Crippen LogP contribution in [0, 0.1) is 0 Å². The van der Waals surface area contributed by atoms with E-state index < -0.39 is 11.9 Å². The van der Waals surface area contributed by atoms with E-state index >= 15 is 0 Å². The highest BCUT2D eigenvalue weighted by atomic mass is 35.5. The van der Waals surface area contributed by atoms with Crippen molar-refractivity contribution in [2.45, 2.75) is 13.8 Å². The molecule has 0 heterocycles. The van der Waals surface area contributed by atoms with Crippen molar-refractivity contribution in [1.82, 2.24) is 0 Å². The number of carbonyl (C=O) groups is 2. The third-order valence-electron chi connectivity index (χ3n) is 2.21. The van der Waals surface area contributed by atoms with Crippen molar-refractivity contribution in [3.8, 4) is 11.5 Å². The Balaban J connectivity index is 2.66. The molecule has 0 saturated carbocycles. The highest BCUT2D eigenvalue weighted by molar-refractivity contribution is 6.30. The first kappa shape index (κ1) is 17.1. The van der Waals surface area contributed by atoms with Gasteiger partial charge in [-0.3, -0.25) is 0 Å². The Morgan fingerprint density at radius 2 is 1.48 bits per heavy atom. The van der Waals surface area contributed by atoms with Crippen LogP contribution < -0.4 is 9.47 Å². The lowest BCUT2D eigenvalue weighted by atomic mass is 10.3. The summed E-state index contributed by atoms with van der Waals surface area (Å²) in [6.45, 7) is 3.41. The number of benzene rings is 1. The van der Waals surface area contributed by atoms with Crippen LogP contribution in [0.4, 0.5) is 0 Å². The number of hydrogen-bond donors (Lipinski definition) is 0. The minimum Gasteiger partial charge on any atom is -0.478 e. The largest absolute Gasteiger partial charge is 0.478 e. The van der Waals surface area contributed by atoms with Gasteiger partial charge in [0, 0.05) is 11.1 Å². The molecule has 0 saturated heterocycles. The van der Waals surface area contributed by atoms with E-state index in [1.165, 1.54) is 6.07 Å². The number of rotatable bonds is 8. The fourth-order valence-electron chi connectivity index (χ4n) is 1.39. The summed E-state index contributed by atoms with van der Waals surface area (Å²) in [4.78, 5) is 22.5. The van der Waals surface area contributed by atoms with E-state index in [-0.39, 0.29) is 37.9 Å². The van der Waals surface area contributed by atoms with Crippen LogP contribution >= 0.6 is 11.6 Å². The molecule has 0 aliphatic heterocycles. The fraction of sp³-hybridized carbons (Fsp3) is 0.429. The molecule has 0 unspecified atom stereocenters. The van der Waals surface area contributed by atoms with Gasteiger partial charge < -0.3 is 18.9 Å². The number of carbonyl (C=O) groups excluding carboxylic acids is 2. The highest BCUT2D eigenvalue weighted by Gasteiger charge is 2.11. The zero-order valence-corrected chi connectivity index (χ0v) is 12.6. The van der Waals surface area contributed by atoms with Crippen molar-refractivity contribution in [3.05, 3.63) is 23.2 Å². The Morgan fingerprint density at radius 1 is 0.952 bits per heavy atom. The first-order valence-electron chi connectivity index (χ1n) is 6.43. The number of ether oxygens (including phenoxy) is 4. The summed E-state index contributed by atoms with van der Waals surface area (Å²) in [5.41, 5.74) is 0. The molecular formula is C14H17ClO6. The Morgan fingerprint density at radius 3 is 2.00 bits per heavy atom. The molecule has 6 nitrogen and oxygen atoms in total. The van der Waals surface area contributed by atoms with Crippen LogP contribution in [0.25, 0.3) is 0 Å². The normalized spacial score (nSPS) is 9.86. The maximum Gasteiger partial charge on any atom is 0.344 e. The Labute approximate surface area is 127 Å². The van der Waals surface area contributed by atoms with Crippen molar-refractivity contribution in [3.63, 3.8) is 0 Å². The van der Waals surface area contributed by atoms with Crippen LogP contribution in [-0.4, -0.2) is 38.4 Å². The van der Waals surface area contributed by atoms with E-state index in [2.05, 4.69) is 0 Å². The maximum atomic E-state index is 11.3. The predicted molar refractivity (Wildman–Crippen MR) is 75.7 cm³/mol. The zero-order valence-electron chi connectivity index (χ0n) is 11.9. The average Bonchev–Trinajstić information content (AvgIpc) is 2.44. The smallest absolute Gasteiger partial charge is 0.344 e. The molecule has 0 bridgehead atoms. The lowest BCUT2D eigenvalue weighted by Gasteiger charge is -2.12. The summed E-state index contributed by atoms with van der Waals surface area (Å²) in [6, 6.07) is 4.61. The monoisotopic (exact) mass is 316 g/mol. The molecule has 0 aliphatic rings. The Hall–Kier alpha value is -1.95. The molecule has 1 aromatic carbocycles. The van der Waals surface area contributed by atoms with E-state index in [0.717, 1.165) is 0 Å². The molecule has 0 amide bonds. The van der Waals surface area contributed by atoms with Crippen LogP contribution in [0.5, 0.6) is 11.5 Å². The second kappa shape index (κ2) is 9.07. The molecule has 0 radical (unpaired) electrons. The Kier molecular flexibility index (Phi) is 7.39. The lowest BCUT2D eigenvalue weighted by molar-refractivity contribution is -0.146. The number of esters is 2.